The fraction of sp³-hybridized carbons (Fsp3) is 0.429. The lowest BCUT2D eigenvalue weighted by Crippen LogP contribution is -2.05. The van der Waals surface area contributed by atoms with Crippen LogP contribution in [0.5, 0.6) is 0 Å². The number of aryl methyl sites for hydroxylation is 1. The van der Waals surface area contributed by atoms with Gasteiger partial charge in [-0.2, -0.15) is 0 Å². The summed E-state index contributed by atoms with van der Waals surface area (Å²) in [5.74, 6) is 0.457. The zero-order valence-corrected chi connectivity index (χ0v) is 11.0. The second-order valence-corrected chi connectivity index (χ2v) is 4.78. The highest BCUT2D eigenvalue weighted by Crippen LogP contribution is 2.23. The first-order valence-electron chi connectivity index (χ1n) is 6.28. The van der Waals surface area contributed by atoms with Gasteiger partial charge in [0.25, 0.3) is 0 Å². The third-order valence-electron chi connectivity index (χ3n) is 2.99. The topological polar surface area (TPSA) is 55.1 Å². The van der Waals surface area contributed by atoms with Crippen molar-refractivity contribution in [2.75, 3.05) is 0 Å². The van der Waals surface area contributed by atoms with Crippen molar-refractivity contribution in [3.8, 4) is 0 Å². The first-order chi connectivity index (χ1) is 8.54. The van der Waals surface area contributed by atoms with Crippen LogP contribution < -0.4 is 0 Å². The van der Waals surface area contributed by atoms with Crippen LogP contribution in [0.3, 0.4) is 0 Å². The monoisotopic (exact) mass is 246 g/mol. The average Bonchev–Trinajstić information content (AvgIpc) is 2.68. The minimum absolute atomic E-state index is 0.315. The molecule has 4 nitrogen and oxygen atoms in total. The lowest BCUT2D eigenvalue weighted by molar-refractivity contribution is 0.0697. The standard InChI is InChI=1S/C14H18N2O2/c1-4-7-16-12-8-10(14(17)18)5-6-11(12)15-13(16)9(2)3/h5-6,8-9H,4,7H2,1-3H3,(H,17,18). The van der Waals surface area contributed by atoms with Crippen molar-refractivity contribution in [3.05, 3.63) is 29.6 Å². The Bertz CT molecular complexity index is 585. The van der Waals surface area contributed by atoms with Gasteiger partial charge in [0.15, 0.2) is 0 Å². The van der Waals surface area contributed by atoms with E-state index in [1.54, 1.807) is 18.2 Å². The molecule has 0 bridgehead atoms. The van der Waals surface area contributed by atoms with Crippen molar-refractivity contribution in [2.45, 2.75) is 39.7 Å². The Morgan fingerprint density at radius 1 is 1.44 bits per heavy atom. The van der Waals surface area contributed by atoms with E-state index in [4.69, 9.17) is 5.11 Å². The lowest BCUT2D eigenvalue weighted by atomic mass is 10.2. The summed E-state index contributed by atoms with van der Waals surface area (Å²) in [6, 6.07) is 5.11. The van der Waals surface area contributed by atoms with Crippen LogP contribution in [-0.2, 0) is 6.54 Å². The molecule has 2 rings (SSSR count). The van der Waals surface area contributed by atoms with Crippen LogP contribution in [0.15, 0.2) is 18.2 Å². The Hall–Kier alpha value is -1.84. The summed E-state index contributed by atoms with van der Waals surface area (Å²) in [5, 5.41) is 9.05. The Morgan fingerprint density at radius 3 is 2.72 bits per heavy atom. The van der Waals surface area contributed by atoms with E-state index in [1.165, 1.54) is 0 Å². The summed E-state index contributed by atoms with van der Waals surface area (Å²) in [7, 11) is 0. The molecule has 0 saturated carbocycles. The molecule has 0 aliphatic carbocycles. The number of fused-ring (bicyclic) bond motifs is 1. The van der Waals surface area contributed by atoms with Gasteiger partial charge >= 0.3 is 5.97 Å². The van der Waals surface area contributed by atoms with Crippen LogP contribution in [0.2, 0.25) is 0 Å². The first kappa shape index (κ1) is 12.6. The van der Waals surface area contributed by atoms with Crippen molar-refractivity contribution < 1.29 is 9.90 Å². The van der Waals surface area contributed by atoms with Gasteiger partial charge in [-0.1, -0.05) is 20.8 Å². The Balaban J connectivity index is 2.67. The molecule has 0 unspecified atom stereocenters. The van der Waals surface area contributed by atoms with Crippen LogP contribution >= 0.6 is 0 Å². The van der Waals surface area contributed by atoms with E-state index in [1.807, 2.05) is 0 Å². The molecule has 1 aromatic heterocycles. The van der Waals surface area contributed by atoms with E-state index in [-0.39, 0.29) is 0 Å². The fourth-order valence-electron chi connectivity index (χ4n) is 2.17. The summed E-state index contributed by atoms with van der Waals surface area (Å²) in [4.78, 5) is 15.6. The fourth-order valence-corrected chi connectivity index (χ4v) is 2.17. The molecule has 1 aromatic carbocycles. The Morgan fingerprint density at radius 2 is 2.17 bits per heavy atom. The van der Waals surface area contributed by atoms with Gasteiger partial charge in [0.1, 0.15) is 5.82 Å². The van der Waals surface area contributed by atoms with E-state index >= 15 is 0 Å². The van der Waals surface area contributed by atoms with Crippen molar-refractivity contribution >= 4 is 17.0 Å². The molecule has 0 amide bonds. The lowest BCUT2D eigenvalue weighted by Gasteiger charge is -2.10. The summed E-state index contributed by atoms with van der Waals surface area (Å²) in [6.45, 7) is 7.18. The quantitative estimate of drug-likeness (QED) is 0.900. The molecule has 0 radical (unpaired) electrons. The van der Waals surface area contributed by atoms with E-state index < -0.39 is 5.97 Å². The van der Waals surface area contributed by atoms with E-state index in [0.717, 1.165) is 29.8 Å². The minimum Gasteiger partial charge on any atom is -0.478 e. The zero-order valence-electron chi connectivity index (χ0n) is 11.0. The van der Waals surface area contributed by atoms with Gasteiger partial charge in [-0.05, 0) is 24.6 Å². The molecular formula is C14H18N2O2. The van der Waals surface area contributed by atoms with E-state index in [9.17, 15) is 4.79 Å². The highest BCUT2D eigenvalue weighted by Gasteiger charge is 2.14. The van der Waals surface area contributed by atoms with Crippen LogP contribution in [-0.4, -0.2) is 20.6 Å². The molecule has 96 valence electrons. The number of hydrogen-bond donors (Lipinski definition) is 1. The maximum absolute atomic E-state index is 11.0. The molecule has 0 aliphatic rings. The van der Waals surface area contributed by atoms with Crippen molar-refractivity contribution in [1.82, 2.24) is 9.55 Å². The van der Waals surface area contributed by atoms with Gasteiger partial charge < -0.3 is 9.67 Å². The number of nitrogens with zero attached hydrogens (tertiary/aromatic N) is 2. The van der Waals surface area contributed by atoms with Crippen LogP contribution in [0, 0.1) is 0 Å². The van der Waals surface area contributed by atoms with Gasteiger partial charge in [0.2, 0.25) is 0 Å². The molecule has 0 saturated heterocycles. The van der Waals surface area contributed by atoms with Crippen molar-refractivity contribution in [1.29, 1.82) is 0 Å². The van der Waals surface area contributed by atoms with E-state index in [2.05, 4.69) is 30.3 Å². The van der Waals surface area contributed by atoms with Gasteiger partial charge in [-0.25, -0.2) is 9.78 Å². The molecule has 18 heavy (non-hydrogen) atoms. The molecular weight excluding hydrogens is 228 g/mol. The number of aromatic nitrogens is 2. The number of carboxylic acids is 1. The molecule has 1 N–H and O–H groups in total. The number of aromatic carboxylic acids is 1. The maximum Gasteiger partial charge on any atom is 0.335 e. The minimum atomic E-state index is -0.896. The summed E-state index contributed by atoms with van der Waals surface area (Å²) >= 11 is 0. The van der Waals surface area contributed by atoms with Crippen LogP contribution in [0.4, 0.5) is 0 Å². The zero-order chi connectivity index (χ0) is 13.3. The highest BCUT2D eigenvalue weighted by molar-refractivity contribution is 5.92. The van der Waals surface area contributed by atoms with Gasteiger partial charge in [-0.15, -0.1) is 0 Å². The maximum atomic E-state index is 11.0. The van der Waals surface area contributed by atoms with Crippen LogP contribution in [0.1, 0.15) is 49.3 Å². The molecule has 0 fully saturated rings. The van der Waals surface area contributed by atoms with Gasteiger partial charge in [-0.3, -0.25) is 0 Å². The molecule has 2 aromatic rings. The molecule has 1 heterocycles. The summed E-state index contributed by atoms with van der Waals surface area (Å²) < 4.78 is 2.13. The van der Waals surface area contributed by atoms with E-state index in [0.29, 0.717) is 11.5 Å². The predicted octanol–water partition coefficient (Wildman–Crippen LogP) is 3.27. The Labute approximate surface area is 106 Å². The third-order valence-corrected chi connectivity index (χ3v) is 2.99. The summed E-state index contributed by atoms with van der Waals surface area (Å²) in [5.41, 5.74) is 2.10. The van der Waals surface area contributed by atoms with Gasteiger partial charge in [0, 0.05) is 12.5 Å². The van der Waals surface area contributed by atoms with Crippen molar-refractivity contribution in [2.24, 2.45) is 0 Å². The van der Waals surface area contributed by atoms with Gasteiger partial charge in [0.05, 0.1) is 16.6 Å². The normalized spacial score (nSPS) is 11.3. The number of rotatable bonds is 4. The van der Waals surface area contributed by atoms with Crippen molar-refractivity contribution in [3.63, 3.8) is 0 Å². The number of carbonyl (C=O) groups is 1. The SMILES string of the molecule is CCCn1c(C(C)C)nc2ccc(C(=O)O)cc21. The number of benzene rings is 1. The molecule has 0 atom stereocenters. The third kappa shape index (κ3) is 2.10. The largest absolute Gasteiger partial charge is 0.478 e. The molecule has 0 aliphatic heterocycles. The summed E-state index contributed by atoms with van der Waals surface area (Å²) in [6.07, 6.45) is 1.00. The number of hydrogen-bond acceptors (Lipinski definition) is 2. The second kappa shape index (κ2) is 4.80. The Kier molecular flexibility index (Phi) is 3.36. The molecule has 0 spiro atoms. The highest BCUT2D eigenvalue weighted by atomic mass is 16.4. The van der Waals surface area contributed by atoms with Crippen LogP contribution in [0.25, 0.3) is 11.0 Å². The predicted molar refractivity (Wildman–Crippen MR) is 71.1 cm³/mol. The average molecular weight is 246 g/mol. The number of carboxylic acid groups (broad SMARTS) is 1. The first-order valence-corrected chi connectivity index (χ1v) is 6.28. The molecule has 4 heteroatoms. The smallest absolute Gasteiger partial charge is 0.335 e. The second-order valence-electron chi connectivity index (χ2n) is 4.78. The number of imidazole rings is 1.